The minimum atomic E-state index is 0.332. The lowest BCUT2D eigenvalue weighted by Gasteiger charge is -2.38. The maximum atomic E-state index is 5.23. The van der Waals surface area contributed by atoms with E-state index in [0.29, 0.717) is 5.41 Å². The van der Waals surface area contributed by atoms with Crippen LogP contribution in [-0.2, 0) is 11.3 Å². The largest absolute Gasteiger partial charge is 0.486 e. The summed E-state index contributed by atoms with van der Waals surface area (Å²) >= 11 is 5.14. The number of rotatable bonds is 5. The monoisotopic (exact) mass is 305 g/mol. The maximum absolute atomic E-state index is 5.23. The average Bonchev–Trinajstić information content (AvgIpc) is 2.56. The van der Waals surface area contributed by atoms with Gasteiger partial charge in [-0.25, -0.2) is 0 Å². The van der Waals surface area contributed by atoms with E-state index in [-0.39, 0.29) is 0 Å². The van der Waals surface area contributed by atoms with Crippen LogP contribution in [0.25, 0.3) is 0 Å². The van der Waals surface area contributed by atoms with Crippen molar-refractivity contribution in [2.24, 2.45) is 5.41 Å². The molecule has 0 saturated carbocycles. The van der Waals surface area contributed by atoms with Crippen molar-refractivity contribution in [3.8, 4) is 5.06 Å². The number of hydrogen-bond acceptors (Lipinski definition) is 4. The molecule has 2 heterocycles. The van der Waals surface area contributed by atoms with Crippen LogP contribution < -0.4 is 10.1 Å². The van der Waals surface area contributed by atoms with Gasteiger partial charge in [-0.15, -0.1) is 11.3 Å². The Morgan fingerprint density at radius 3 is 2.88 bits per heavy atom. The fourth-order valence-corrected chi connectivity index (χ4v) is 3.33. The van der Waals surface area contributed by atoms with Crippen LogP contribution in [-0.4, -0.2) is 26.9 Å². The quantitative estimate of drug-likeness (QED) is 0.907. The average molecular weight is 306 g/mol. The summed E-state index contributed by atoms with van der Waals surface area (Å²) in [5, 5.41) is 4.40. The van der Waals surface area contributed by atoms with Gasteiger partial charge in [-0.3, -0.25) is 0 Å². The number of ether oxygens (including phenoxy) is 2. The third kappa shape index (κ3) is 2.77. The first-order valence-corrected chi connectivity index (χ1v) is 6.85. The van der Waals surface area contributed by atoms with Gasteiger partial charge in [0.15, 0.2) is 5.06 Å². The van der Waals surface area contributed by atoms with Crippen molar-refractivity contribution in [3.05, 3.63) is 15.4 Å². The van der Waals surface area contributed by atoms with E-state index in [1.165, 1.54) is 4.88 Å². The van der Waals surface area contributed by atoms with Crippen LogP contribution in [0.2, 0.25) is 0 Å². The van der Waals surface area contributed by atoms with Crippen molar-refractivity contribution in [1.82, 2.24) is 5.32 Å². The first kappa shape index (κ1) is 12.4. The minimum Gasteiger partial charge on any atom is -0.486 e. The van der Waals surface area contributed by atoms with Gasteiger partial charge in [-0.2, -0.15) is 0 Å². The molecule has 0 radical (unpaired) electrons. The van der Waals surface area contributed by atoms with Crippen molar-refractivity contribution in [3.63, 3.8) is 0 Å². The Kier molecular flexibility index (Phi) is 3.89. The normalized spacial score (nSPS) is 18.2. The smallest absolute Gasteiger partial charge is 0.188 e. The first-order chi connectivity index (χ1) is 7.63. The molecule has 0 unspecified atom stereocenters. The van der Waals surface area contributed by atoms with Gasteiger partial charge in [0.1, 0.15) is 0 Å². The van der Waals surface area contributed by atoms with Gasteiger partial charge in [0.05, 0.1) is 24.8 Å². The number of methoxy groups -OCH3 is 1. The van der Waals surface area contributed by atoms with E-state index >= 15 is 0 Å². The molecule has 0 atom stereocenters. The SMILES string of the molecule is COc1sc(CNCC2(C)COC2)cc1Br. The Balaban J connectivity index is 1.80. The Morgan fingerprint density at radius 2 is 2.38 bits per heavy atom. The van der Waals surface area contributed by atoms with Crippen LogP contribution in [0.4, 0.5) is 0 Å². The Labute approximate surface area is 108 Å². The van der Waals surface area contributed by atoms with Crippen LogP contribution in [0, 0.1) is 5.41 Å². The summed E-state index contributed by atoms with van der Waals surface area (Å²) < 4.78 is 11.5. The summed E-state index contributed by atoms with van der Waals surface area (Å²) in [5.41, 5.74) is 0.332. The fourth-order valence-electron chi connectivity index (χ4n) is 1.66. The summed E-state index contributed by atoms with van der Waals surface area (Å²) in [5.74, 6) is 0. The number of hydrogen-bond donors (Lipinski definition) is 1. The van der Waals surface area contributed by atoms with Crippen molar-refractivity contribution in [2.75, 3.05) is 26.9 Å². The predicted molar refractivity (Wildman–Crippen MR) is 69.2 cm³/mol. The van der Waals surface area contributed by atoms with Crippen LogP contribution in [0.15, 0.2) is 10.5 Å². The third-order valence-electron chi connectivity index (χ3n) is 2.64. The summed E-state index contributed by atoms with van der Waals surface area (Å²) in [7, 11) is 1.69. The molecule has 1 fully saturated rings. The molecule has 16 heavy (non-hydrogen) atoms. The molecular formula is C11H16BrNO2S. The summed E-state index contributed by atoms with van der Waals surface area (Å²) in [6.07, 6.45) is 0. The van der Waals surface area contributed by atoms with Crippen molar-refractivity contribution in [1.29, 1.82) is 0 Å². The topological polar surface area (TPSA) is 30.5 Å². The molecule has 1 aliphatic heterocycles. The van der Waals surface area contributed by atoms with E-state index in [4.69, 9.17) is 9.47 Å². The Morgan fingerprint density at radius 1 is 1.62 bits per heavy atom. The molecule has 1 aliphatic rings. The van der Waals surface area contributed by atoms with Crippen LogP contribution in [0.1, 0.15) is 11.8 Å². The Hall–Kier alpha value is -0.100. The van der Waals surface area contributed by atoms with E-state index in [1.807, 2.05) is 0 Å². The minimum absolute atomic E-state index is 0.332. The zero-order chi connectivity index (χ0) is 11.6. The first-order valence-electron chi connectivity index (χ1n) is 5.24. The number of thiophene rings is 1. The highest BCUT2D eigenvalue weighted by atomic mass is 79.9. The van der Waals surface area contributed by atoms with E-state index in [0.717, 1.165) is 35.8 Å². The lowest BCUT2D eigenvalue weighted by atomic mass is 9.89. The molecule has 1 N–H and O–H groups in total. The van der Waals surface area contributed by atoms with Crippen molar-refractivity contribution < 1.29 is 9.47 Å². The molecule has 0 aliphatic carbocycles. The van der Waals surface area contributed by atoms with E-state index in [9.17, 15) is 0 Å². The number of halogens is 1. The zero-order valence-corrected chi connectivity index (χ0v) is 11.9. The van der Waals surface area contributed by atoms with E-state index < -0.39 is 0 Å². The zero-order valence-electron chi connectivity index (χ0n) is 9.51. The van der Waals surface area contributed by atoms with Gasteiger partial charge in [0.2, 0.25) is 0 Å². The highest BCUT2D eigenvalue weighted by Gasteiger charge is 2.32. The number of nitrogens with one attached hydrogen (secondary N) is 1. The highest BCUT2D eigenvalue weighted by Crippen LogP contribution is 2.34. The standard InChI is InChI=1S/C11H16BrNO2S/c1-11(6-15-7-11)5-13-4-8-3-9(12)10(14-2)16-8/h3,13H,4-7H2,1-2H3. The maximum Gasteiger partial charge on any atom is 0.188 e. The molecule has 2 rings (SSSR count). The third-order valence-corrected chi connectivity index (χ3v) is 4.59. The fraction of sp³-hybridized carbons (Fsp3) is 0.636. The second-order valence-corrected chi connectivity index (χ2v) is 6.41. The van der Waals surface area contributed by atoms with Crippen LogP contribution in [0.5, 0.6) is 5.06 Å². The predicted octanol–water partition coefficient (Wildman–Crippen LogP) is 2.65. The van der Waals surface area contributed by atoms with Crippen LogP contribution >= 0.6 is 27.3 Å². The molecule has 1 saturated heterocycles. The summed E-state index contributed by atoms with van der Waals surface area (Å²) in [6, 6.07) is 2.11. The van der Waals surface area contributed by atoms with E-state index in [2.05, 4.69) is 34.2 Å². The van der Waals surface area contributed by atoms with Crippen molar-refractivity contribution >= 4 is 27.3 Å². The molecule has 0 amide bonds. The van der Waals surface area contributed by atoms with Gasteiger partial charge in [0, 0.05) is 23.4 Å². The molecule has 0 aromatic carbocycles. The lowest BCUT2D eigenvalue weighted by molar-refractivity contribution is -0.0991. The van der Waals surface area contributed by atoms with Gasteiger partial charge in [0.25, 0.3) is 0 Å². The van der Waals surface area contributed by atoms with Gasteiger partial charge in [-0.05, 0) is 22.0 Å². The van der Waals surface area contributed by atoms with Gasteiger partial charge < -0.3 is 14.8 Å². The Bertz CT molecular complexity index is 363. The molecule has 0 bridgehead atoms. The molecule has 3 nitrogen and oxygen atoms in total. The van der Waals surface area contributed by atoms with Crippen molar-refractivity contribution in [2.45, 2.75) is 13.5 Å². The molecule has 1 aromatic heterocycles. The van der Waals surface area contributed by atoms with Gasteiger partial charge in [-0.1, -0.05) is 6.92 Å². The second-order valence-electron chi connectivity index (χ2n) is 4.46. The summed E-state index contributed by atoms with van der Waals surface area (Å²) in [4.78, 5) is 1.28. The second kappa shape index (κ2) is 5.04. The molecule has 0 spiro atoms. The highest BCUT2D eigenvalue weighted by molar-refractivity contribution is 9.10. The summed E-state index contributed by atoms with van der Waals surface area (Å²) in [6.45, 7) is 5.89. The van der Waals surface area contributed by atoms with E-state index in [1.54, 1.807) is 18.4 Å². The molecule has 90 valence electrons. The molecule has 5 heteroatoms. The van der Waals surface area contributed by atoms with Gasteiger partial charge >= 0.3 is 0 Å². The van der Waals surface area contributed by atoms with Crippen LogP contribution in [0.3, 0.4) is 0 Å². The lowest BCUT2D eigenvalue weighted by Crippen LogP contribution is -2.47. The molecular weight excluding hydrogens is 290 g/mol. The molecule has 1 aromatic rings.